The molecule has 0 aromatic heterocycles. The molecule has 0 unspecified atom stereocenters. The van der Waals surface area contributed by atoms with Gasteiger partial charge in [0.05, 0.1) is 6.42 Å². The molecule has 1 rings (SSSR count). The summed E-state index contributed by atoms with van der Waals surface area (Å²) in [6.07, 6.45) is 0.990. The van der Waals surface area contributed by atoms with E-state index in [2.05, 4.69) is 0 Å². The molecular formula is C11H12O3S. The van der Waals surface area contributed by atoms with E-state index in [1.54, 1.807) is 17.8 Å². The molecule has 80 valence electrons. The van der Waals surface area contributed by atoms with E-state index in [0.717, 1.165) is 17.6 Å². The fourth-order valence-electron chi connectivity index (χ4n) is 1.11. The maximum Gasteiger partial charge on any atom is 0.304 e. The van der Waals surface area contributed by atoms with E-state index in [0.29, 0.717) is 11.3 Å². The normalized spacial score (nSPS) is 9.87. The summed E-state index contributed by atoms with van der Waals surface area (Å²) in [5.74, 6) is 0.569. The Labute approximate surface area is 92.5 Å². The van der Waals surface area contributed by atoms with Crippen LogP contribution < -0.4 is 0 Å². The minimum absolute atomic E-state index is 0.179. The zero-order valence-corrected chi connectivity index (χ0v) is 9.00. The number of rotatable bonds is 6. The lowest BCUT2D eigenvalue weighted by atomic mass is 10.2. The zero-order valence-electron chi connectivity index (χ0n) is 8.18. The summed E-state index contributed by atoms with van der Waals surface area (Å²) in [5.41, 5.74) is 1.71. The van der Waals surface area contributed by atoms with Crippen molar-refractivity contribution >= 4 is 24.0 Å². The molecule has 0 bridgehead atoms. The number of hydrogen-bond donors (Lipinski definition) is 1. The van der Waals surface area contributed by atoms with Gasteiger partial charge in [-0.2, -0.15) is 11.8 Å². The van der Waals surface area contributed by atoms with Crippen molar-refractivity contribution in [2.75, 3.05) is 5.75 Å². The number of thioether (sulfide) groups is 1. The largest absolute Gasteiger partial charge is 0.481 e. The van der Waals surface area contributed by atoms with Crippen LogP contribution in [0.1, 0.15) is 22.3 Å². The molecule has 0 fully saturated rings. The monoisotopic (exact) mass is 224 g/mol. The van der Waals surface area contributed by atoms with Crippen LogP contribution in [0.15, 0.2) is 24.3 Å². The van der Waals surface area contributed by atoms with Crippen LogP contribution in [0, 0.1) is 0 Å². The van der Waals surface area contributed by atoms with Crippen molar-refractivity contribution in [2.45, 2.75) is 12.2 Å². The minimum Gasteiger partial charge on any atom is -0.481 e. The highest BCUT2D eigenvalue weighted by atomic mass is 32.2. The van der Waals surface area contributed by atoms with E-state index in [4.69, 9.17) is 5.11 Å². The Bertz CT molecular complexity index is 349. The summed E-state index contributed by atoms with van der Waals surface area (Å²) < 4.78 is 0. The second kappa shape index (κ2) is 6.24. The first-order valence-electron chi connectivity index (χ1n) is 4.56. The molecule has 0 saturated heterocycles. The lowest BCUT2D eigenvalue weighted by Gasteiger charge is -2.00. The Kier molecular flexibility index (Phi) is 4.90. The molecule has 1 aromatic rings. The first-order valence-corrected chi connectivity index (χ1v) is 5.71. The van der Waals surface area contributed by atoms with E-state index in [9.17, 15) is 9.59 Å². The molecule has 0 atom stereocenters. The van der Waals surface area contributed by atoms with Gasteiger partial charge in [-0.15, -0.1) is 0 Å². The number of aliphatic carboxylic acids is 1. The number of hydrogen-bond acceptors (Lipinski definition) is 3. The lowest BCUT2D eigenvalue weighted by Crippen LogP contribution is -1.96. The second-order valence-corrected chi connectivity index (χ2v) is 4.16. The van der Waals surface area contributed by atoms with E-state index in [-0.39, 0.29) is 6.42 Å². The zero-order chi connectivity index (χ0) is 11.1. The first kappa shape index (κ1) is 11.8. The maximum absolute atomic E-state index is 10.5. The van der Waals surface area contributed by atoms with Gasteiger partial charge in [0.25, 0.3) is 0 Å². The highest BCUT2D eigenvalue weighted by molar-refractivity contribution is 7.98. The molecule has 4 heteroatoms. The van der Waals surface area contributed by atoms with Gasteiger partial charge in [-0.25, -0.2) is 0 Å². The summed E-state index contributed by atoms with van der Waals surface area (Å²) in [4.78, 5) is 20.7. The van der Waals surface area contributed by atoms with Crippen molar-refractivity contribution in [1.82, 2.24) is 0 Å². The van der Waals surface area contributed by atoms with Crippen LogP contribution in [0.3, 0.4) is 0 Å². The standard InChI is InChI=1S/C11H12O3S/c12-7-9-2-1-3-10(6-9)8-15-5-4-11(13)14/h1-3,6-7H,4-5,8H2,(H,13,14). The van der Waals surface area contributed by atoms with Gasteiger partial charge in [0.15, 0.2) is 0 Å². The summed E-state index contributed by atoms with van der Waals surface area (Å²) in [7, 11) is 0. The molecule has 0 spiro atoms. The van der Waals surface area contributed by atoms with Crippen LogP contribution in [-0.4, -0.2) is 23.1 Å². The fraction of sp³-hybridized carbons (Fsp3) is 0.273. The molecule has 0 heterocycles. The average molecular weight is 224 g/mol. The number of carboxylic acids is 1. The molecule has 0 aliphatic carbocycles. The number of carbonyl (C=O) groups is 2. The molecule has 0 amide bonds. The predicted molar refractivity (Wildman–Crippen MR) is 60.2 cm³/mol. The quantitative estimate of drug-likeness (QED) is 0.594. The van der Waals surface area contributed by atoms with Crippen LogP contribution >= 0.6 is 11.8 Å². The third kappa shape index (κ3) is 4.65. The van der Waals surface area contributed by atoms with Gasteiger partial charge in [0.2, 0.25) is 0 Å². The summed E-state index contributed by atoms with van der Waals surface area (Å²) in [6, 6.07) is 7.33. The van der Waals surface area contributed by atoms with E-state index < -0.39 is 5.97 Å². The third-order valence-corrected chi connectivity index (χ3v) is 2.85. The molecule has 0 saturated carbocycles. The Morgan fingerprint density at radius 3 is 2.93 bits per heavy atom. The van der Waals surface area contributed by atoms with Crippen molar-refractivity contribution in [3.63, 3.8) is 0 Å². The summed E-state index contributed by atoms with van der Waals surface area (Å²) in [6.45, 7) is 0. The number of aldehydes is 1. The lowest BCUT2D eigenvalue weighted by molar-refractivity contribution is -0.136. The molecule has 1 N–H and O–H groups in total. The number of carbonyl (C=O) groups excluding carboxylic acids is 1. The highest BCUT2D eigenvalue weighted by Gasteiger charge is 1.98. The average Bonchev–Trinajstić information content (AvgIpc) is 2.24. The Hall–Kier alpha value is -1.29. The van der Waals surface area contributed by atoms with Gasteiger partial charge in [-0.1, -0.05) is 18.2 Å². The van der Waals surface area contributed by atoms with Gasteiger partial charge < -0.3 is 5.11 Å². The number of carboxylic acid groups (broad SMARTS) is 1. The van der Waals surface area contributed by atoms with Crippen molar-refractivity contribution < 1.29 is 14.7 Å². The molecular weight excluding hydrogens is 212 g/mol. The molecule has 3 nitrogen and oxygen atoms in total. The number of benzene rings is 1. The van der Waals surface area contributed by atoms with Crippen molar-refractivity contribution in [3.8, 4) is 0 Å². The topological polar surface area (TPSA) is 54.4 Å². The van der Waals surface area contributed by atoms with Gasteiger partial charge in [-0.05, 0) is 11.6 Å². The van der Waals surface area contributed by atoms with Crippen LogP contribution in [-0.2, 0) is 10.5 Å². The van der Waals surface area contributed by atoms with Crippen molar-refractivity contribution in [2.24, 2.45) is 0 Å². The summed E-state index contributed by atoms with van der Waals surface area (Å²) >= 11 is 1.56. The SMILES string of the molecule is O=Cc1cccc(CSCCC(=O)O)c1. The van der Waals surface area contributed by atoms with Crippen LogP contribution in [0.25, 0.3) is 0 Å². The van der Waals surface area contributed by atoms with Gasteiger partial charge in [0.1, 0.15) is 6.29 Å². The van der Waals surface area contributed by atoms with Gasteiger partial charge in [-0.3, -0.25) is 9.59 Å². The molecule has 1 aromatic carbocycles. The Morgan fingerprint density at radius 2 is 2.27 bits per heavy atom. The van der Waals surface area contributed by atoms with E-state index >= 15 is 0 Å². The van der Waals surface area contributed by atoms with Crippen LogP contribution in [0.2, 0.25) is 0 Å². The van der Waals surface area contributed by atoms with Crippen molar-refractivity contribution in [3.05, 3.63) is 35.4 Å². The molecule has 0 aliphatic heterocycles. The third-order valence-electron chi connectivity index (χ3n) is 1.82. The van der Waals surface area contributed by atoms with Crippen LogP contribution in [0.4, 0.5) is 0 Å². The predicted octanol–water partition coefficient (Wildman–Crippen LogP) is 2.21. The van der Waals surface area contributed by atoms with Crippen molar-refractivity contribution in [1.29, 1.82) is 0 Å². The maximum atomic E-state index is 10.5. The highest BCUT2D eigenvalue weighted by Crippen LogP contribution is 2.13. The first-order chi connectivity index (χ1) is 7.22. The molecule has 0 radical (unpaired) electrons. The summed E-state index contributed by atoms with van der Waals surface area (Å²) in [5, 5.41) is 8.43. The second-order valence-electron chi connectivity index (χ2n) is 3.06. The van der Waals surface area contributed by atoms with E-state index in [1.165, 1.54) is 0 Å². The minimum atomic E-state index is -0.774. The van der Waals surface area contributed by atoms with E-state index in [1.807, 2.05) is 18.2 Å². The van der Waals surface area contributed by atoms with Gasteiger partial charge >= 0.3 is 5.97 Å². The molecule has 0 aliphatic rings. The van der Waals surface area contributed by atoms with Crippen LogP contribution in [0.5, 0.6) is 0 Å². The Balaban J connectivity index is 2.37. The smallest absolute Gasteiger partial charge is 0.304 e. The molecule has 15 heavy (non-hydrogen) atoms. The van der Waals surface area contributed by atoms with Gasteiger partial charge in [0, 0.05) is 17.1 Å². The Morgan fingerprint density at radius 1 is 1.47 bits per heavy atom. The fourth-order valence-corrected chi connectivity index (χ4v) is 1.98.